The van der Waals surface area contributed by atoms with Crippen LogP contribution in [0.25, 0.3) is 0 Å². The van der Waals surface area contributed by atoms with Crippen LogP contribution >= 0.6 is 0 Å². The van der Waals surface area contributed by atoms with Gasteiger partial charge in [0.2, 0.25) is 5.91 Å². The van der Waals surface area contributed by atoms with E-state index < -0.39 is 0 Å². The Balaban J connectivity index is 1.73. The van der Waals surface area contributed by atoms with Gasteiger partial charge in [0, 0.05) is 43.5 Å². The first kappa shape index (κ1) is 16.7. The summed E-state index contributed by atoms with van der Waals surface area (Å²) in [6, 6.07) is 2.22. The van der Waals surface area contributed by atoms with Gasteiger partial charge in [0.15, 0.2) is 0 Å². The van der Waals surface area contributed by atoms with Gasteiger partial charge in [-0.25, -0.2) is 0 Å². The van der Waals surface area contributed by atoms with Crippen LogP contribution in [0.15, 0.2) is 6.07 Å². The smallest absolute Gasteiger partial charge is 0.224 e. The van der Waals surface area contributed by atoms with Crippen LogP contribution in [0.3, 0.4) is 0 Å². The molecule has 130 valence electrons. The Bertz CT molecular complexity index is 758. The molecule has 2 aromatic heterocycles. The molecule has 3 heterocycles. The first-order valence-electron chi connectivity index (χ1n) is 8.69. The lowest BCUT2D eigenvalue weighted by Gasteiger charge is -2.25. The van der Waals surface area contributed by atoms with Crippen LogP contribution in [0.5, 0.6) is 0 Å². The second-order valence-electron chi connectivity index (χ2n) is 6.85. The number of likely N-dealkylation sites (tertiary alicyclic amines) is 1. The molecule has 3 rings (SSSR count). The third-order valence-electron chi connectivity index (χ3n) is 5.11. The van der Waals surface area contributed by atoms with E-state index in [-0.39, 0.29) is 11.9 Å². The molecule has 1 saturated heterocycles. The Morgan fingerprint density at radius 1 is 1.25 bits per heavy atom. The fourth-order valence-electron chi connectivity index (χ4n) is 3.88. The molecular formula is C18H27N5O. The number of nitrogens with zero attached hydrogens (tertiary/aromatic N) is 5. The molecule has 1 amide bonds. The Labute approximate surface area is 143 Å². The minimum atomic E-state index is 0.173. The fraction of sp³-hybridized carbons (Fsp3) is 0.611. The first-order valence-corrected chi connectivity index (χ1v) is 8.69. The molecule has 0 spiro atoms. The number of aromatic nitrogens is 4. The summed E-state index contributed by atoms with van der Waals surface area (Å²) >= 11 is 0. The molecule has 0 aliphatic carbocycles. The third kappa shape index (κ3) is 2.97. The van der Waals surface area contributed by atoms with Crippen molar-refractivity contribution in [3.63, 3.8) is 0 Å². The van der Waals surface area contributed by atoms with Gasteiger partial charge in [-0.15, -0.1) is 0 Å². The maximum atomic E-state index is 12.8. The molecule has 0 aromatic carbocycles. The molecule has 1 atom stereocenters. The van der Waals surface area contributed by atoms with E-state index in [0.29, 0.717) is 13.0 Å². The zero-order valence-corrected chi connectivity index (χ0v) is 15.3. The number of carbonyl (C=O) groups excluding carboxylic acids is 1. The lowest BCUT2D eigenvalue weighted by Crippen LogP contribution is -2.31. The zero-order chi connectivity index (χ0) is 17.4. The summed E-state index contributed by atoms with van der Waals surface area (Å²) in [6.07, 6.45) is 2.58. The molecule has 0 radical (unpaired) electrons. The lowest BCUT2D eigenvalue weighted by molar-refractivity contribution is -0.132. The Hall–Kier alpha value is -2.11. The number of rotatable bonds is 4. The van der Waals surface area contributed by atoms with Crippen molar-refractivity contribution in [3.8, 4) is 0 Å². The Morgan fingerprint density at radius 2 is 2.00 bits per heavy atom. The summed E-state index contributed by atoms with van der Waals surface area (Å²) < 4.78 is 3.85. The summed E-state index contributed by atoms with van der Waals surface area (Å²) in [4.78, 5) is 14.9. The molecule has 0 bridgehead atoms. The van der Waals surface area contributed by atoms with E-state index in [9.17, 15) is 4.79 Å². The van der Waals surface area contributed by atoms with E-state index >= 15 is 0 Å². The number of hydrogen-bond donors (Lipinski definition) is 0. The lowest BCUT2D eigenvalue weighted by atomic mass is 10.0. The summed E-state index contributed by atoms with van der Waals surface area (Å²) in [7, 11) is 1.97. The van der Waals surface area contributed by atoms with Gasteiger partial charge in [0.05, 0.1) is 17.4 Å². The van der Waals surface area contributed by atoms with Crippen molar-refractivity contribution >= 4 is 5.91 Å². The van der Waals surface area contributed by atoms with Crippen LogP contribution < -0.4 is 0 Å². The van der Waals surface area contributed by atoms with Crippen LogP contribution in [-0.2, 0) is 18.4 Å². The second kappa shape index (κ2) is 6.42. The van der Waals surface area contributed by atoms with Gasteiger partial charge >= 0.3 is 0 Å². The van der Waals surface area contributed by atoms with E-state index in [1.54, 1.807) is 0 Å². The molecule has 1 unspecified atom stereocenters. The van der Waals surface area contributed by atoms with E-state index in [1.165, 1.54) is 5.56 Å². The molecule has 6 nitrogen and oxygen atoms in total. The molecule has 0 saturated carbocycles. The highest BCUT2D eigenvalue weighted by Crippen LogP contribution is 2.35. The van der Waals surface area contributed by atoms with Crippen LogP contribution in [0.1, 0.15) is 53.6 Å². The summed E-state index contributed by atoms with van der Waals surface area (Å²) in [5.41, 5.74) is 5.54. The number of hydrogen-bond acceptors (Lipinski definition) is 3. The average molecular weight is 329 g/mol. The minimum Gasteiger partial charge on any atom is -0.335 e. The molecule has 1 aliphatic heterocycles. The van der Waals surface area contributed by atoms with Crippen LogP contribution in [0.4, 0.5) is 0 Å². The van der Waals surface area contributed by atoms with Crippen molar-refractivity contribution in [1.29, 1.82) is 0 Å². The molecule has 2 aromatic rings. The monoisotopic (exact) mass is 329 g/mol. The van der Waals surface area contributed by atoms with E-state index in [0.717, 1.165) is 42.2 Å². The van der Waals surface area contributed by atoms with Gasteiger partial charge < -0.3 is 4.90 Å². The van der Waals surface area contributed by atoms with Gasteiger partial charge in [-0.05, 0) is 46.6 Å². The molecule has 1 aliphatic rings. The number of aryl methyl sites for hydroxylation is 5. The van der Waals surface area contributed by atoms with Gasteiger partial charge in [0.1, 0.15) is 0 Å². The fourth-order valence-corrected chi connectivity index (χ4v) is 3.88. The zero-order valence-electron chi connectivity index (χ0n) is 15.3. The van der Waals surface area contributed by atoms with Crippen LogP contribution in [-0.4, -0.2) is 36.9 Å². The molecular weight excluding hydrogens is 302 g/mol. The van der Waals surface area contributed by atoms with E-state index in [4.69, 9.17) is 0 Å². The standard InChI is InChI=1S/C18H27N5O/c1-12-11-13(2)23(19-12)10-8-17(24)22-9-6-7-16(22)18-14(3)20-21(5)15(18)4/h11,16H,6-10H2,1-5H3. The Morgan fingerprint density at radius 3 is 2.58 bits per heavy atom. The first-order chi connectivity index (χ1) is 11.4. The highest BCUT2D eigenvalue weighted by molar-refractivity contribution is 5.77. The Kier molecular flexibility index (Phi) is 4.47. The van der Waals surface area contributed by atoms with E-state index in [2.05, 4.69) is 17.1 Å². The van der Waals surface area contributed by atoms with Crippen molar-refractivity contribution in [2.45, 2.75) is 59.5 Å². The van der Waals surface area contributed by atoms with Gasteiger partial charge in [-0.1, -0.05) is 0 Å². The molecule has 24 heavy (non-hydrogen) atoms. The summed E-state index contributed by atoms with van der Waals surface area (Å²) in [6.45, 7) is 9.63. The molecule has 1 fully saturated rings. The second-order valence-corrected chi connectivity index (χ2v) is 6.85. The predicted molar refractivity (Wildman–Crippen MR) is 92.7 cm³/mol. The van der Waals surface area contributed by atoms with Crippen molar-refractivity contribution in [2.24, 2.45) is 7.05 Å². The summed E-state index contributed by atoms with van der Waals surface area (Å²) in [5.74, 6) is 0.215. The maximum absolute atomic E-state index is 12.8. The van der Waals surface area contributed by atoms with Crippen LogP contribution in [0.2, 0.25) is 0 Å². The van der Waals surface area contributed by atoms with Gasteiger partial charge in [-0.3, -0.25) is 14.2 Å². The SMILES string of the molecule is Cc1cc(C)n(CCC(=O)N2CCCC2c2c(C)nn(C)c2C)n1. The van der Waals surface area contributed by atoms with E-state index in [1.807, 2.05) is 48.1 Å². The van der Waals surface area contributed by atoms with Gasteiger partial charge in [-0.2, -0.15) is 10.2 Å². The quantitative estimate of drug-likeness (QED) is 0.866. The largest absolute Gasteiger partial charge is 0.335 e. The van der Waals surface area contributed by atoms with Crippen molar-refractivity contribution in [1.82, 2.24) is 24.5 Å². The minimum absolute atomic E-state index is 0.173. The highest BCUT2D eigenvalue weighted by Gasteiger charge is 2.33. The van der Waals surface area contributed by atoms with Crippen molar-refractivity contribution < 1.29 is 4.79 Å². The number of amides is 1. The third-order valence-corrected chi connectivity index (χ3v) is 5.11. The van der Waals surface area contributed by atoms with Crippen LogP contribution in [0, 0.1) is 27.7 Å². The molecule has 0 N–H and O–H groups in total. The maximum Gasteiger partial charge on any atom is 0.224 e. The highest BCUT2D eigenvalue weighted by atomic mass is 16.2. The van der Waals surface area contributed by atoms with Crippen molar-refractivity contribution in [3.05, 3.63) is 34.4 Å². The average Bonchev–Trinajstić information content (AvgIpc) is 3.17. The van der Waals surface area contributed by atoms with Gasteiger partial charge in [0.25, 0.3) is 0 Å². The predicted octanol–water partition coefficient (Wildman–Crippen LogP) is 2.60. The van der Waals surface area contributed by atoms with Crippen molar-refractivity contribution in [2.75, 3.05) is 6.54 Å². The summed E-state index contributed by atoms with van der Waals surface area (Å²) in [5, 5.41) is 8.97. The number of carbonyl (C=O) groups is 1. The molecule has 6 heteroatoms. The topological polar surface area (TPSA) is 56.0 Å². The normalized spacial score (nSPS) is 17.7.